The number of allylic oxidation sites excluding steroid dienone is 2. The second kappa shape index (κ2) is 4.94. The first-order valence-corrected chi connectivity index (χ1v) is 5.44. The third kappa shape index (κ3) is 3.05. The van der Waals surface area contributed by atoms with Gasteiger partial charge in [-0.3, -0.25) is 0 Å². The zero-order valence-corrected chi connectivity index (χ0v) is 8.67. The third-order valence-corrected chi connectivity index (χ3v) is 3.31. The zero-order chi connectivity index (χ0) is 8.81. The molecule has 0 spiro atoms. The first kappa shape index (κ1) is 9.27. The Balaban J connectivity index is 2.44. The number of hydrogen-bond acceptors (Lipinski definition) is 0. The summed E-state index contributed by atoms with van der Waals surface area (Å²) in [5.74, 6) is 0. The van der Waals surface area contributed by atoms with Crippen LogP contribution in [0.2, 0.25) is 6.04 Å². The molecule has 1 aromatic carbocycles. The SMILES string of the molecule is C/C=C(\C)C[Si]c1ccccc1. The summed E-state index contributed by atoms with van der Waals surface area (Å²) in [7, 11) is 0.923. The molecule has 0 bridgehead atoms. The van der Waals surface area contributed by atoms with E-state index in [1.165, 1.54) is 16.8 Å². The van der Waals surface area contributed by atoms with Crippen LogP contribution in [0.5, 0.6) is 0 Å². The minimum absolute atomic E-state index is 0.923. The van der Waals surface area contributed by atoms with Gasteiger partial charge in [-0.1, -0.05) is 47.2 Å². The Morgan fingerprint density at radius 3 is 2.58 bits per heavy atom. The van der Waals surface area contributed by atoms with Crippen molar-refractivity contribution < 1.29 is 0 Å². The molecule has 0 saturated carbocycles. The molecule has 0 unspecified atom stereocenters. The van der Waals surface area contributed by atoms with Crippen molar-refractivity contribution in [3.63, 3.8) is 0 Å². The van der Waals surface area contributed by atoms with Crippen LogP contribution in [0, 0.1) is 0 Å². The van der Waals surface area contributed by atoms with E-state index in [1.807, 2.05) is 0 Å². The second-order valence-electron chi connectivity index (χ2n) is 2.85. The smallest absolute Gasteiger partial charge is 0.0852 e. The molecule has 0 heterocycles. The van der Waals surface area contributed by atoms with Crippen LogP contribution in [0.1, 0.15) is 13.8 Å². The Bertz CT molecular complexity index is 249. The molecular formula is C11H14Si. The van der Waals surface area contributed by atoms with Crippen molar-refractivity contribution in [1.82, 2.24) is 0 Å². The number of hydrogen-bond donors (Lipinski definition) is 0. The van der Waals surface area contributed by atoms with Crippen LogP contribution < -0.4 is 5.19 Å². The maximum absolute atomic E-state index is 2.20. The first-order chi connectivity index (χ1) is 5.83. The molecule has 1 heteroatoms. The second-order valence-corrected chi connectivity index (χ2v) is 4.14. The van der Waals surface area contributed by atoms with Crippen LogP contribution in [0.4, 0.5) is 0 Å². The zero-order valence-electron chi connectivity index (χ0n) is 7.67. The normalized spacial score (nSPS) is 11.7. The highest BCUT2D eigenvalue weighted by molar-refractivity contribution is 6.54. The molecule has 0 amide bonds. The summed E-state index contributed by atoms with van der Waals surface area (Å²) in [5, 5.41) is 1.46. The molecule has 0 atom stereocenters. The largest absolute Gasteiger partial charge is 0.0890 e. The fourth-order valence-electron chi connectivity index (χ4n) is 0.900. The van der Waals surface area contributed by atoms with Gasteiger partial charge in [-0.15, -0.1) is 0 Å². The standard InChI is InChI=1S/C11H14Si/c1-3-10(2)9-12-11-7-5-4-6-8-11/h3-8H,9H2,1-2H3/b10-3+. The van der Waals surface area contributed by atoms with Crippen LogP contribution in [0.15, 0.2) is 42.0 Å². The highest BCUT2D eigenvalue weighted by atomic mass is 28.2. The van der Waals surface area contributed by atoms with Crippen molar-refractivity contribution in [3.05, 3.63) is 42.0 Å². The molecular weight excluding hydrogens is 160 g/mol. The van der Waals surface area contributed by atoms with E-state index in [0.717, 1.165) is 9.52 Å². The molecule has 1 aromatic rings. The van der Waals surface area contributed by atoms with Gasteiger partial charge in [-0.25, -0.2) is 0 Å². The molecule has 0 N–H and O–H groups in total. The molecule has 0 aromatic heterocycles. The Morgan fingerprint density at radius 1 is 1.33 bits per heavy atom. The van der Waals surface area contributed by atoms with Gasteiger partial charge in [0.05, 0.1) is 9.52 Å². The molecule has 2 radical (unpaired) electrons. The highest BCUT2D eigenvalue weighted by Crippen LogP contribution is 1.98. The predicted molar refractivity (Wildman–Crippen MR) is 56.1 cm³/mol. The van der Waals surface area contributed by atoms with Gasteiger partial charge in [0.15, 0.2) is 0 Å². The van der Waals surface area contributed by atoms with Crippen molar-refractivity contribution >= 4 is 14.7 Å². The van der Waals surface area contributed by atoms with Gasteiger partial charge in [0.2, 0.25) is 0 Å². The summed E-state index contributed by atoms with van der Waals surface area (Å²) in [5.41, 5.74) is 1.48. The fraction of sp³-hybridized carbons (Fsp3) is 0.273. The lowest BCUT2D eigenvalue weighted by Crippen LogP contribution is -2.12. The molecule has 0 nitrogen and oxygen atoms in total. The fourth-order valence-corrected chi connectivity index (χ4v) is 2.01. The lowest BCUT2D eigenvalue weighted by atomic mass is 10.3. The maximum Gasteiger partial charge on any atom is 0.0852 e. The molecule has 62 valence electrons. The van der Waals surface area contributed by atoms with Gasteiger partial charge < -0.3 is 0 Å². The van der Waals surface area contributed by atoms with Gasteiger partial charge >= 0.3 is 0 Å². The molecule has 0 fully saturated rings. The van der Waals surface area contributed by atoms with Gasteiger partial charge in [-0.05, 0) is 19.9 Å². The Hall–Kier alpha value is -0.823. The summed E-state index contributed by atoms with van der Waals surface area (Å²) < 4.78 is 0. The van der Waals surface area contributed by atoms with Crippen LogP contribution in [0.25, 0.3) is 0 Å². The maximum atomic E-state index is 2.20. The van der Waals surface area contributed by atoms with Crippen LogP contribution >= 0.6 is 0 Å². The van der Waals surface area contributed by atoms with E-state index in [0.29, 0.717) is 0 Å². The predicted octanol–water partition coefficient (Wildman–Crippen LogP) is 2.40. The van der Waals surface area contributed by atoms with Crippen molar-refractivity contribution in [2.45, 2.75) is 19.9 Å². The molecule has 0 aliphatic heterocycles. The minimum atomic E-state index is 0.923. The van der Waals surface area contributed by atoms with Crippen LogP contribution in [-0.2, 0) is 0 Å². The average Bonchev–Trinajstić information content (AvgIpc) is 2.16. The van der Waals surface area contributed by atoms with Crippen LogP contribution in [-0.4, -0.2) is 9.52 Å². The summed E-state index contributed by atoms with van der Waals surface area (Å²) in [6, 6.07) is 11.9. The highest BCUT2D eigenvalue weighted by Gasteiger charge is 1.93. The summed E-state index contributed by atoms with van der Waals surface area (Å²) in [6.07, 6.45) is 2.19. The molecule has 0 aliphatic rings. The molecule has 1 rings (SSSR count). The monoisotopic (exact) mass is 174 g/mol. The quantitative estimate of drug-likeness (QED) is 0.487. The Morgan fingerprint density at radius 2 is 2.00 bits per heavy atom. The van der Waals surface area contributed by atoms with Crippen molar-refractivity contribution in [2.75, 3.05) is 0 Å². The summed E-state index contributed by atoms with van der Waals surface area (Å²) in [4.78, 5) is 0. The lowest BCUT2D eigenvalue weighted by Gasteiger charge is -1.98. The van der Waals surface area contributed by atoms with Crippen molar-refractivity contribution in [3.8, 4) is 0 Å². The lowest BCUT2D eigenvalue weighted by molar-refractivity contribution is 1.35. The average molecular weight is 174 g/mol. The number of benzene rings is 1. The van der Waals surface area contributed by atoms with Gasteiger partial charge in [0.1, 0.15) is 0 Å². The topological polar surface area (TPSA) is 0 Å². The van der Waals surface area contributed by atoms with Crippen molar-refractivity contribution in [2.24, 2.45) is 0 Å². The van der Waals surface area contributed by atoms with E-state index >= 15 is 0 Å². The van der Waals surface area contributed by atoms with Gasteiger partial charge in [0.25, 0.3) is 0 Å². The Labute approximate surface area is 77.1 Å². The third-order valence-electron chi connectivity index (χ3n) is 1.84. The summed E-state index contributed by atoms with van der Waals surface area (Å²) >= 11 is 0. The van der Waals surface area contributed by atoms with E-state index in [-0.39, 0.29) is 0 Å². The first-order valence-electron chi connectivity index (χ1n) is 4.23. The van der Waals surface area contributed by atoms with E-state index < -0.39 is 0 Å². The van der Waals surface area contributed by atoms with Gasteiger partial charge in [-0.2, -0.15) is 0 Å². The Kier molecular flexibility index (Phi) is 3.81. The number of rotatable bonds is 3. The molecule has 0 aliphatic carbocycles. The van der Waals surface area contributed by atoms with E-state index in [4.69, 9.17) is 0 Å². The van der Waals surface area contributed by atoms with Crippen molar-refractivity contribution in [1.29, 1.82) is 0 Å². The van der Waals surface area contributed by atoms with E-state index in [2.05, 4.69) is 50.3 Å². The minimum Gasteiger partial charge on any atom is -0.0890 e. The van der Waals surface area contributed by atoms with Gasteiger partial charge in [0, 0.05) is 0 Å². The van der Waals surface area contributed by atoms with E-state index in [1.54, 1.807) is 0 Å². The molecule has 12 heavy (non-hydrogen) atoms. The van der Waals surface area contributed by atoms with Crippen LogP contribution in [0.3, 0.4) is 0 Å². The van der Waals surface area contributed by atoms with E-state index in [9.17, 15) is 0 Å². The molecule has 0 saturated heterocycles. The summed E-state index contributed by atoms with van der Waals surface area (Å²) in [6.45, 7) is 4.29.